The van der Waals surface area contributed by atoms with E-state index < -0.39 is 5.54 Å². The molecule has 0 radical (unpaired) electrons. The molecule has 7 nitrogen and oxygen atoms in total. The molecule has 8 heteroatoms. The lowest BCUT2D eigenvalue weighted by atomic mass is 10.00. The second kappa shape index (κ2) is 6.72. The van der Waals surface area contributed by atoms with Crippen LogP contribution >= 0.6 is 11.3 Å². The van der Waals surface area contributed by atoms with Crippen molar-refractivity contribution in [2.75, 3.05) is 24.6 Å². The number of ether oxygens (including phenoxy) is 1. The van der Waals surface area contributed by atoms with Gasteiger partial charge in [-0.3, -0.25) is 14.4 Å². The fraction of sp³-hybridized carbons (Fsp3) is 0.350. The first kappa shape index (κ1) is 18.6. The molecule has 1 saturated heterocycles. The Labute approximate surface area is 165 Å². The van der Waals surface area contributed by atoms with Crippen LogP contribution in [0.25, 0.3) is 11.6 Å². The molecule has 0 aliphatic carbocycles. The highest BCUT2D eigenvalue weighted by molar-refractivity contribution is 7.07. The lowest BCUT2D eigenvalue weighted by Crippen LogP contribution is -2.38. The Morgan fingerprint density at radius 1 is 1.32 bits per heavy atom. The number of hydrogen-bond acceptors (Lipinski definition) is 6. The Balaban J connectivity index is 1.79. The number of Topliss-reactive ketones (excluding diaryl/α,β-unsaturated/α-hetero) is 1. The van der Waals surface area contributed by atoms with Crippen LogP contribution in [-0.4, -0.2) is 41.9 Å². The zero-order chi connectivity index (χ0) is 20.1. The lowest BCUT2D eigenvalue weighted by Gasteiger charge is -2.28. The summed E-state index contributed by atoms with van der Waals surface area (Å²) in [5, 5.41) is 3.16. The zero-order valence-electron chi connectivity index (χ0n) is 15.9. The van der Waals surface area contributed by atoms with Crippen molar-refractivity contribution in [1.82, 2.24) is 10.3 Å². The summed E-state index contributed by atoms with van der Waals surface area (Å²) in [5.41, 5.74) is 1.24. The van der Waals surface area contributed by atoms with Crippen LogP contribution in [-0.2, 0) is 9.59 Å². The van der Waals surface area contributed by atoms with E-state index >= 15 is 0 Å². The van der Waals surface area contributed by atoms with E-state index in [9.17, 15) is 14.4 Å². The van der Waals surface area contributed by atoms with Gasteiger partial charge in [0.15, 0.2) is 5.78 Å². The van der Waals surface area contributed by atoms with Gasteiger partial charge in [0.05, 0.1) is 22.3 Å². The predicted molar refractivity (Wildman–Crippen MR) is 108 cm³/mol. The molecule has 0 saturated carbocycles. The highest BCUT2D eigenvalue weighted by atomic mass is 32.1. The molecule has 2 aliphatic heterocycles. The Bertz CT molecular complexity index is 1160. The minimum absolute atomic E-state index is 0.000389. The topological polar surface area (TPSA) is 91.5 Å². The van der Waals surface area contributed by atoms with E-state index in [1.54, 1.807) is 17.0 Å². The molecule has 0 spiro atoms. The molecule has 1 aromatic carbocycles. The number of benzene rings is 1. The normalized spacial score (nSPS) is 20.9. The first-order valence-corrected chi connectivity index (χ1v) is 9.87. The highest BCUT2D eigenvalue weighted by Crippen LogP contribution is 2.32. The quantitative estimate of drug-likeness (QED) is 0.710. The van der Waals surface area contributed by atoms with Crippen molar-refractivity contribution < 1.29 is 14.3 Å². The summed E-state index contributed by atoms with van der Waals surface area (Å²) < 4.78 is 6.71. The van der Waals surface area contributed by atoms with Crippen molar-refractivity contribution in [2.24, 2.45) is 0 Å². The van der Waals surface area contributed by atoms with Crippen LogP contribution in [0.2, 0.25) is 0 Å². The minimum atomic E-state index is -0.616. The van der Waals surface area contributed by atoms with Gasteiger partial charge in [0.2, 0.25) is 5.91 Å². The maximum absolute atomic E-state index is 12.5. The Hall–Kier alpha value is -2.71. The van der Waals surface area contributed by atoms with Gasteiger partial charge < -0.3 is 19.9 Å². The second-order valence-corrected chi connectivity index (χ2v) is 8.48. The van der Waals surface area contributed by atoms with Crippen molar-refractivity contribution in [3.8, 4) is 5.75 Å². The van der Waals surface area contributed by atoms with Gasteiger partial charge >= 0.3 is 0 Å². The fourth-order valence-electron chi connectivity index (χ4n) is 3.41. The van der Waals surface area contributed by atoms with Crippen LogP contribution in [0, 0.1) is 0 Å². The van der Waals surface area contributed by atoms with Crippen molar-refractivity contribution in [3.63, 3.8) is 0 Å². The van der Waals surface area contributed by atoms with E-state index in [2.05, 4.69) is 10.3 Å². The number of nitrogens with one attached hydrogen (secondary N) is 2. The number of aromatic amines is 1. The monoisotopic (exact) mass is 399 g/mol. The molecule has 28 heavy (non-hydrogen) atoms. The van der Waals surface area contributed by atoms with Crippen LogP contribution in [0.15, 0.2) is 23.0 Å². The third kappa shape index (κ3) is 3.18. The second-order valence-electron chi connectivity index (χ2n) is 7.43. The number of amides is 1. The van der Waals surface area contributed by atoms with Gasteiger partial charge in [0, 0.05) is 19.0 Å². The Morgan fingerprint density at radius 3 is 2.79 bits per heavy atom. The Morgan fingerprint density at radius 2 is 2.11 bits per heavy atom. The van der Waals surface area contributed by atoms with Gasteiger partial charge in [0.1, 0.15) is 17.0 Å². The minimum Gasteiger partial charge on any atom is -0.490 e. The SMILES string of the molecule is CC(=O)N1CCOc2ccc(/C=c3\s/c(=C4\CNC(C)(C)C4=O)[nH]c3=O)cc21. The summed E-state index contributed by atoms with van der Waals surface area (Å²) in [6.45, 7) is 6.58. The van der Waals surface area contributed by atoms with Crippen LogP contribution in [0.5, 0.6) is 5.75 Å². The van der Waals surface area contributed by atoms with E-state index in [-0.39, 0.29) is 17.2 Å². The number of carbonyl (C=O) groups excluding carboxylic acids is 2. The third-order valence-electron chi connectivity index (χ3n) is 5.01. The van der Waals surface area contributed by atoms with Crippen molar-refractivity contribution in [1.29, 1.82) is 0 Å². The first-order valence-electron chi connectivity index (χ1n) is 9.05. The fourth-order valence-corrected chi connectivity index (χ4v) is 4.40. The molecule has 0 unspecified atom stereocenters. The summed E-state index contributed by atoms with van der Waals surface area (Å²) in [5.74, 6) is 0.601. The van der Waals surface area contributed by atoms with Crippen LogP contribution in [0.4, 0.5) is 5.69 Å². The van der Waals surface area contributed by atoms with Gasteiger partial charge in [0.25, 0.3) is 5.56 Å². The van der Waals surface area contributed by atoms with Crippen molar-refractivity contribution in [3.05, 3.63) is 43.3 Å². The molecular weight excluding hydrogens is 378 g/mol. The van der Waals surface area contributed by atoms with Crippen molar-refractivity contribution in [2.45, 2.75) is 26.3 Å². The molecule has 0 bridgehead atoms. The molecule has 2 aromatic rings. The zero-order valence-corrected chi connectivity index (χ0v) is 16.7. The largest absolute Gasteiger partial charge is 0.490 e. The molecule has 3 heterocycles. The summed E-state index contributed by atoms with van der Waals surface area (Å²) in [4.78, 5) is 41.3. The highest BCUT2D eigenvalue weighted by Gasteiger charge is 2.36. The van der Waals surface area contributed by atoms with E-state index in [1.807, 2.05) is 26.0 Å². The van der Waals surface area contributed by atoms with Gasteiger partial charge in [-0.1, -0.05) is 6.07 Å². The summed E-state index contributed by atoms with van der Waals surface area (Å²) in [6.07, 6.45) is 1.76. The molecule has 2 N–H and O–H groups in total. The number of thiazole rings is 1. The molecule has 0 atom stereocenters. The number of nitrogens with zero attached hydrogens (tertiary/aromatic N) is 1. The number of ketones is 1. The van der Waals surface area contributed by atoms with Gasteiger partial charge in [-0.25, -0.2) is 0 Å². The number of aromatic nitrogens is 1. The number of rotatable bonds is 1. The predicted octanol–water partition coefficient (Wildman–Crippen LogP) is 0.112. The molecule has 1 fully saturated rings. The number of fused-ring (bicyclic) bond motifs is 1. The average molecular weight is 399 g/mol. The van der Waals surface area contributed by atoms with Crippen LogP contribution < -0.4 is 29.7 Å². The summed E-state index contributed by atoms with van der Waals surface area (Å²) in [7, 11) is 0. The molecule has 1 aromatic heterocycles. The van der Waals surface area contributed by atoms with Gasteiger partial charge in [-0.15, -0.1) is 11.3 Å². The third-order valence-corrected chi connectivity index (χ3v) is 6.09. The lowest BCUT2D eigenvalue weighted by molar-refractivity contribution is -0.117. The number of carbonyl (C=O) groups is 2. The van der Waals surface area contributed by atoms with E-state index in [1.165, 1.54) is 18.3 Å². The smallest absolute Gasteiger partial charge is 0.266 e. The summed E-state index contributed by atoms with van der Waals surface area (Å²) in [6, 6.07) is 5.49. The van der Waals surface area contributed by atoms with Crippen LogP contribution in [0.1, 0.15) is 26.3 Å². The van der Waals surface area contributed by atoms with Crippen LogP contribution in [0.3, 0.4) is 0 Å². The maximum atomic E-state index is 12.5. The van der Waals surface area contributed by atoms with Gasteiger partial charge in [-0.05, 0) is 37.6 Å². The number of H-pyrrole nitrogens is 1. The van der Waals surface area contributed by atoms with Crippen molar-refractivity contribution >= 4 is 40.4 Å². The standard InChI is InChI=1S/C20H21N3O4S/c1-11(24)23-6-7-27-15-5-4-12(8-14(15)23)9-16-18(26)22-19(28-16)13-10-21-20(2,3)17(13)25/h4-5,8-9,21H,6-7,10H2,1-3H3,(H,22,26)/b16-9-,19-13+. The molecule has 1 amide bonds. The van der Waals surface area contributed by atoms with E-state index in [4.69, 9.17) is 4.74 Å². The Kier molecular flexibility index (Phi) is 4.47. The molecule has 2 aliphatic rings. The summed E-state index contributed by atoms with van der Waals surface area (Å²) >= 11 is 1.27. The molecule has 146 valence electrons. The maximum Gasteiger partial charge on any atom is 0.266 e. The van der Waals surface area contributed by atoms with E-state index in [0.29, 0.717) is 45.9 Å². The van der Waals surface area contributed by atoms with Gasteiger partial charge in [-0.2, -0.15) is 0 Å². The number of anilines is 1. The molecular formula is C20H21N3O4S. The first-order chi connectivity index (χ1) is 13.3. The number of hydrogen-bond donors (Lipinski definition) is 2. The van der Waals surface area contributed by atoms with E-state index in [0.717, 1.165) is 5.56 Å². The molecule has 4 rings (SSSR count). The average Bonchev–Trinajstić information content (AvgIpc) is 3.13.